The van der Waals surface area contributed by atoms with Gasteiger partial charge < -0.3 is 20.1 Å². The number of aliphatic hydroxyl groups is 1. The number of carbonyl (C=O) groups is 2. The summed E-state index contributed by atoms with van der Waals surface area (Å²) in [6.07, 6.45) is -8.82. The van der Waals surface area contributed by atoms with Crippen molar-refractivity contribution < 1.29 is 54.2 Å². The summed E-state index contributed by atoms with van der Waals surface area (Å²) >= 11 is 0. The predicted octanol–water partition coefficient (Wildman–Crippen LogP) is 5.74. The van der Waals surface area contributed by atoms with Crippen molar-refractivity contribution in [1.82, 2.24) is 14.5 Å². The fraction of sp³-hybridized carbons (Fsp3) is 0.514. The molecule has 0 atom stereocenters. The van der Waals surface area contributed by atoms with Gasteiger partial charge in [0.2, 0.25) is 10.0 Å². The molecule has 2 aromatic carbocycles. The van der Waals surface area contributed by atoms with Crippen molar-refractivity contribution in [2.24, 2.45) is 4.99 Å². The Kier molecular flexibility index (Phi) is 10.9. The van der Waals surface area contributed by atoms with Crippen molar-refractivity contribution in [2.45, 2.75) is 82.8 Å². The van der Waals surface area contributed by atoms with Gasteiger partial charge in [-0.15, -0.1) is 0 Å². The van der Waals surface area contributed by atoms with Crippen molar-refractivity contribution in [2.75, 3.05) is 32.8 Å². The van der Waals surface area contributed by atoms with E-state index in [1.165, 1.54) is 16.4 Å². The van der Waals surface area contributed by atoms with Crippen LogP contribution in [0.15, 0.2) is 40.7 Å². The van der Waals surface area contributed by atoms with Crippen molar-refractivity contribution in [3.8, 4) is 5.75 Å². The molecule has 2 saturated heterocycles. The van der Waals surface area contributed by atoms with Crippen LogP contribution < -0.4 is 10.1 Å². The van der Waals surface area contributed by atoms with Gasteiger partial charge in [-0.2, -0.15) is 30.6 Å². The molecule has 1 spiro atoms. The van der Waals surface area contributed by atoms with E-state index in [0.717, 1.165) is 11.5 Å². The first-order chi connectivity index (χ1) is 24.1. The molecular formula is C35H40F6N4O6S. The van der Waals surface area contributed by atoms with Gasteiger partial charge in [0.1, 0.15) is 17.1 Å². The molecule has 0 aromatic heterocycles. The van der Waals surface area contributed by atoms with Gasteiger partial charge in [-0.05, 0) is 106 Å². The number of amides is 2. The van der Waals surface area contributed by atoms with Crippen LogP contribution >= 0.6 is 0 Å². The summed E-state index contributed by atoms with van der Waals surface area (Å²) in [7, 11) is -3.97. The number of carbonyl (C=O) groups excluding carboxylic acids is 2. The Morgan fingerprint density at radius 2 is 1.62 bits per heavy atom. The maximum atomic E-state index is 13.9. The average molecular weight is 759 g/mol. The molecule has 2 amide bonds. The maximum absolute atomic E-state index is 13.9. The lowest BCUT2D eigenvalue weighted by Gasteiger charge is -2.36. The van der Waals surface area contributed by atoms with E-state index in [4.69, 9.17) is 4.74 Å². The van der Waals surface area contributed by atoms with Crippen molar-refractivity contribution >= 4 is 33.7 Å². The molecule has 0 radical (unpaired) electrons. The molecule has 3 aliphatic heterocycles. The molecule has 52 heavy (non-hydrogen) atoms. The Hall–Kier alpha value is -3.96. The second-order valence-corrected chi connectivity index (χ2v) is 15.6. The highest BCUT2D eigenvalue weighted by molar-refractivity contribution is 7.92. The number of rotatable bonds is 9. The first kappa shape index (κ1) is 39.3. The predicted molar refractivity (Wildman–Crippen MR) is 180 cm³/mol. The fourth-order valence-corrected chi connectivity index (χ4v) is 7.73. The zero-order valence-electron chi connectivity index (χ0n) is 28.8. The van der Waals surface area contributed by atoms with Crippen molar-refractivity contribution in [3.63, 3.8) is 0 Å². The Morgan fingerprint density at radius 3 is 2.19 bits per heavy atom. The Morgan fingerprint density at radius 1 is 1.00 bits per heavy atom. The monoisotopic (exact) mass is 758 g/mol. The minimum absolute atomic E-state index is 0.0390. The number of hydrogen-bond acceptors (Lipinski definition) is 7. The molecular weight excluding hydrogens is 718 g/mol. The SMILES string of the molecule is Cc1cc(C(=O)N2CCC(C)(O)CC2)cc(C)c1C=CS(=O)(=O)N1CCC2(CC1)N=C(c1ccc(OCCCC(F)(F)F)c(C(F)(F)F)c1)NC2=O. The Labute approximate surface area is 297 Å². The number of nitrogens with zero attached hydrogens (tertiary/aromatic N) is 3. The van der Waals surface area contributed by atoms with Gasteiger partial charge in [0.25, 0.3) is 11.8 Å². The number of hydrogen-bond donors (Lipinski definition) is 2. The van der Waals surface area contributed by atoms with Gasteiger partial charge in [0, 0.05) is 49.1 Å². The fourth-order valence-electron chi connectivity index (χ4n) is 6.56. The van der Waals surface area contributed by atoms with E-state index >= 15 is 0 Å². The minimum atomic E-state index is -4.92. The average Bonchev–Trinajstić information content (AvgIpc) is 3.36. The highest BCUT2D eigenvalue weighted by atomic mass is 32.2. The smallest absolute Gasteiger partial charge is 0.419 e. The summed E-state index contributed by atoms with van der Waals surface area (Å²) in [6, 6.07) is 6.27. The number of likely N-dealkylation sites (tertiary alicyclic amines) is 1. The van der Waals surface area contributed by atoms with E-state index in [-0.39, 0.29) is 43.2 Å². The number of piperidine rings is 2. The number of aliphatic imine (C=N–C) groups is 1. The van der Waals surface area contributed by atoms with Crippen molar-refractivity contribution in [1.29, 1.82) is 0 Å². The van der Waals surface area contributed by atoms with E-state index in [1.54, 1.807) is 37.8 Å². The standard InChI is InChI=1S/C35H40F6N4O6S/c1-22-19-25(30(46)44-13-9-32(3,48)10-14-44)20-23(2)26(22)7-18-52(49,50)45-15-11-33(12-16-45)31(47)42-29(43-33)24-5-6-28(27(21-24)35(39,40)41)51-17-4-8-34(36,37)38/h5-7,18-21,48H,4,8-17H2,1-3H3,(H,42,43,47). The van der Waals surface area contributed by atoms with E-state index in [2.05, 4.69) is 10.3 Å². The Bertz CT molecular complexity index is 1850. The van der Waals surface area contributed by atoms with Gasteiger partial charge in [0.05, 0.1) is 17.8 Å². The summed E-state index contributed by atoms with van der Waals surface area (Å²) in [6.45, 7) is 5.36. The van der Waals surface area contributed by atoms with Crippen LogP contribution in [0, 0.1) is 13.8 Å². The number of nitrogens with one attached hydrogen (secondary N) is 1. The molecule has 2 aromatic rings. The van der Waals surface area contributed by atoms with Crippen LogP contribution in [-0.4, -0.2) is 90.5 Å². The number of benzene rings is 2. The van der Waals surface area contributed by atoms with Gasteiger partial charge >= 0.3 is 12.4 Å². The second-order valence-electron chi connectivity index (χ2n) is 13.8. The molecule has 17 heteroatoms. The summed E-state index contributed by atoms with van der Waals surface area (Å²) in [5, 5.41) is 13.8. The molecule has 3 aliphatic rings. The van der Waals surface area contributed by atoms with Crippen LogP contribution in [0.2, 0.25) is 0 Å². The lowest BCUT2D eigenvalue weighted by Crippen LogP contribution is -2.50. The minimum Gasteiger partial charge on any atom is -0.493 e. The van der Waals surface area contributed by atoms with Gasteiger partial charge in [-0.25, -0.2) is 8.42 Å². The second kappa shape index (κ2) is 14.5. The molecule has 0 unspecified atom stereocenters. The zero-order chi connectivity index (χ0) is 38.3. The van der Waals surface area contributed by atoms with Crippen LogP contribution in [0.3, 0.4) is 0 Å². The molecule has 0 aliphatic carbocycles. The first-order valence-electron chi connectivity index (χ1n) is 16.7. The van der Waals surface area contributed by atoms with Gasteiger partial charge in [-0.3, -0.25) is 14.6 Å². The highest BCUT2D eigenvalue weighted by Gasteiger charge is 2.48. The van der Waals surface area contributed by atoms with E-state index in [9.17, 15) is 49.5 Å². The summed E-state index contributed by atoms with van der Waals surface area (Å²) < 4.78 is 112. The number of halogens is 6. The van der Waals surface area contributed by atoms with E-state index < -0.39 is 70.2 Å². The largest absolute Gasteiger partial charge is 0.493 e. The molecule has 0 saturated carbocycles. The third kappa shape index (κ3) is 8.97. The third-order valence-electron chi connectivity index (χ3n) is 9.69. The van der Waals surface area contributed by atoms with Crippen LogP contribution in [0.25, 0.3) is 6.08 Å². The van der Waals surface area contributed by atoms with Crippen LogP contribution in [0.4, 0.5) is 26.3 Å². The molecule has 5 rings (SSSR count). The quantitative estimate of drug-likeness (QED) is 0.248. The number of sulfonamides is 1. The lowest BCUT2D eigenvalue weighted by molar-refractivity contribution is -0.141. The molecule has 284 valence electrons. The summed E-state index contributed by atoms with van der Waals surface area (Å²) in [5.41, 5.74) is -1.09. The third-order valence-corrected chi connectivity index (χ3v) is 11.3. The Balaban J connectivity index is 1.25. The van der Waals surface area contributed by atoms with Gasteiger partial charge in [0.15, 0.2) is 0 Å². The maximum Gasteiger partial charge on any atom is 0.419 e. The number of amidine groups is 1. The van der Waals surface area contributed by atoms with E-state index in [1.807, 2.05) is 0 Å². The molecule has 2 N–H and O–H groups in total. The molecule has 0 bridgehead atoms. The van der Waals surface area contributed by atoms with Crippen molar-refractivity contribution in [3.05, 3.63) is 69.1 Å². The van der Waals surface area contributed by atoms with Crippen LogP contribution in [0.1, 0.15) is 83.6 Å². The number of alkyl halides is 6. The highest BCUT2D eigenvalue weighted by Crippen LogP contribution is 2.39. The van der Waals surface area contributed by atoms with Crippen LogP contribution in [-0.2, 0) is 21.0 Å². The van der Waals surface area contributed by atoms with Crippen LogP contribution in [0.5, 0.6) is 5.75 Å². The number of aryl methyl sites for hydroxylation is 2. The molecule has 10 nitrogen and oxygen atoms in total. The number of ether oxygens (including phenoxy) is 1. The molecule has 2 fully saturated rings. The summed E-state index contributed by atoms with van der Waals surface area (Å²) in [4.78, 5) is 32.3. The lowest BCUT2D eigenvalue weighted by atomic mass is 9.89. The van der Waals surface area contributed by atoms with E-state index in [0.29, 0.717) is 54.3 Å². The first-order valence-corrected chi connectivity index (χ1v) is 18.2. The topological polar surface area (TPSA) is 129 Å². The molecule has 3 heterocycles. The summed E-state index contributed by atoms with van der Waals surface area (Å²) in [5.74, 6) is -1.56. The van der Waals surface area contributed by atoms with Gasteiger partial charge in [-0.1, -0.05) is 0 Å². The normalized spacial score (nSPS) is 19.6. The zero-order valence-corrected chi connectivity index (χ0v) is 29.6.